The van der Waals surface area contributed by atoms with E-state index in [-0.39, 0.29) is 10.7 Å². The van der Waals surface area contributed by atoms with Crippen molar-refractivity contribution in [2.45, 2.75) is 38.9 Å². The van der Waals surface area contributed by atoms with Gasteiger partial charge in [-0.1, -0.05) is 11.6 Å². The Balaban J connectivity index is 2.33. The van der Waals surface area contributed by atoms with Crippen LogP contribution in [0.2, 0.25) is 5.02 Å². The lowest BCUT2D eigenvalue weighted by atomic mass is 9.77. The van der Waals surface area contributed by atoms with Crippen LogP contribution in [0, 0.1) is 5.82 Å². The standard InChI is InChI=1S/C15H21BClFN2O2/c1-14(2)15(3,4)22-16(21-14)10(8-19-5)6-13-12(18)7-11(17)9-20-13/h6-7,9,19H,8H2,1-5H3. The van der Waals surface area contributed by atoms with Gasteiger partial charge in [-0.05, 0) is 52.4 Å². The second-order valence-electron chi connectivity index (χ2n) is 6.36. The van der Waals surface area contributed by atoms with Crippen molar-refractivity contribution in [1.29, 1.82) is 0 Å². The highest BCUT2D eigenvalue weighted by atomic mass is 35.5. The Morgan fingerprint density at radius 1 is 1.36 bits per heavy atom. The van der Waals surface area contributed by atoms with E-state index >= 15 is 0 Å². The molecule has 2 heterocycles. The number of likely N-dealkylation sites (N-methyl/N-ethyl adjacent to an activating group) is 1. The number of pyridine rings is 1. The van der Waals surface area contributed by atoms with Crippen molar-refractivity contribution < 1.29 is 13.7 Å². The van der Waals surface area contributed by atoms with Gasteiger partial charge in [-0.25, -0.2) is 4.39 Å². The predicted molar refractivity (Wildman–Crippen MR) is 87.2 cm³/mol. The largest absolute Gasteiger partial charge is 0.491 e. The van der Waals surface area contributed by atoms with E-state index < -0.39 is 24.1 Å². The maximum absolute atomic E-state index is 13.9. The molecule has 0 aromatic carbocycles. The summed E-state index contributed by atoms with van der Waals surface area (Å²) in [6, 6.07) is 1.24. The van der Waals surface area contributed by atoms with E-state index in [9.17, 15) is 4.39 Å². The van der Waals surface area contributed by atoms with Gasteiger partial charge in [0.2, 0.25) is 0 Å². The number of hydrogen-bond donors (Lipinski definition) is 1. The molecule has 120 valence electrons. The Labute approximate surface area is 136 Å². The molecule has 1 aromatic rings. The van der Waals surface area contributed by atoms with Crippen molar-refractivity contribution in [1.82, 2.24) is 10.3 Å². The molecule has 0 amide bonds. The van der Waals surface area contributed by atoms with Crippen molar-refractivity contribution in [3.63, 3.8) is 0 Å². The van der Waals surface area contributed by atoms with E-state index in [2.05, 4.69) is 10.3 Å². The summed E-state index contributed by atoms with van der Waals surface area (Å²) in [5.41, 5.74) is 0.0895. The van der Waals surface area contributed by atoms with Crippen LogP contribution < -0.4 is 5.32 Å². The van der Waals surface area contributed by atoms with Crippen LogP contribution in [0.25, 0.3) is 6.08 Å². The fourth-order valence-corrected chi connectivity index (χ4v) is 2.25. The van der Waals surface area contributed by atoms with Crippen LogP contribution in [0.1, 0.15) is 33.4 Å². The third-order valence-electron chi connectivity index (χ3n) is 4.10. The summed E-state index contributed by atoms with van der Waals surface area (Å²) >= 11 is 5.73. The average molecular weight is 327 g/mol. The molecule has 0 unspecified atom stereocenters. The van der Waals surface area contributed by atoms with Crippen LogP contribution in [0.3, 0.4) is 0 Å². The van der Waals surface area contributed by atoms with Gasteiger partial charge >= 0.3 is 7.12 Å². The highest BCUT2D eigenvalue weighted by Crippen LogP contribution is 2.38. The molecule has 4 nitrogen and oxygen atoms in total. The van der Waals surface area contributed by atoms with E-state index in [1.54, 1.807) is 6.08 Å². The Hall–Kier alpha value is -0.945. The molecule has 2 rings (SSSR count). The predicted octanol–water partition coefficient (Wildman–Crippen LogP) is 3.11. The normalized spacial score (nSPS) is 20.5. The van der Waals surface area contributed by atoms with Gasteiger partial charge in [-0.3, -0.25) is 4.98 Å². The topological polar surface area (TPSA) is 43.4 Å². The molecule has 0 atom stereocenters. The zero-order valence-electron chi connectivity index (χ0n) is 13.5. The van der Waals surface area contributed by atoms with Gasteiger partial charge in [0, 0.05) is 12.7 Å². The highest BCUT2D eigenvalue weighted by molar-refractivity contribution is 6.55. The first-order valence-corrected chi connectivity index (χ1v) is 7.56. The minimum atomic E-state index is -0.547. The number of halogens is 2. The molecule has 1 fully saturated rings. The molecule has 1 aromatic heterocycles. The summed E-state index contributed by atoms with van der Waals surface area (Å²) in [5, 5.41) is 3.31. The lowest BCUT2D eigenvalue weighted by Crippen LogP contribution is -2.41. The Bertz CT molecular complexity index is 577. The Kier molecular flexibility index (Phi) is 4.97. The summed E-state index contributed by atoms with van der Waals surface area (Å²) in [6.07, 6.45) is 3.06. The first-order valence-electron chi connectivity index (χ1n) is 7.18. The summed E-state index contributed by atoms with van der Waals surface area (Å²) < 4.78 is 26.0. The summed E-state index contributed by atoms with van der Waals surface area (Å²) in [6.45, 7) is 8.41. The van der Waals surface area contributed by atoms with Crippen LogP contribution in [-0.2, 0) is 9.31 Å². The van der Waals surface area contributed by atoms with E-state index in [1.165, 1.54) is 12.3 Å². The van der Waals surface area contributed by atoms with Crippen molar-refractivity contribution in [2.24, 2.45) is 0 Å². The average Bonchev–Trinajstić information content (AvgIpc) is 2.61. The van der Waals surface area contributed by atoms with Gasteiger partial charge in [0.25, 0.3) is 0 Å². The monoisotopic (exact) mass is 326 g/mol. The summed E-state index contributed by atoms with van der Waals surface area (Å²) in [4.78, 5) is 4.02. The van der Waals surface area contributed by atoms with Crippen molar-refractivity contribution in [2.75, 3.05) is 13.6 Å². The second kappa shape index (κ2) is 6.28. The molecular formula is C15H21BClFN2O2. The van der Waals surface area contributed by atoms with Gasteiger partial charge in [-0.15, -0.1) is 0 Å². The third kappa shape index (κ3) is 3.51. The maximum Gasteiger partial charge on any atom is 0.491 e. The van der Waals surface area contributed by atoms with Crippen LogP contribution in [0.15, 0.2) is 17.7 Å². The van der Waals surface area contributed by atoms with E-state index in [0.717, 1.165) is 5.47 Å². The molecule has 1 saturated heterocycles. The fourth-order valence-electron chi connectivity index (χ4n) is 2.11. The number of nitrogens with zero attached hydrogens (tertiary/aromatic N) is 1. The summed E-state index contributed by atoms with van der Waals surface area (Å²) in [7, 11) is 1.26. The van der Waals surface area contributed by atoms with Crippen LogP contribution in [-0.4, -0.2) is 36.9 Å². The number of aromatic nitrogens is 1. The first kappa shape index (κ1) is 17.4. The molecule has 0 aliphatic carbocycles. The van der Waals surface area contributed by atoms with Crippen LogP contribution >= 0.6 is 11.6 Å². The molecule has 22 heavy (non-hydrogen) atoms. The minimum absolute atomic E-state index is 0.212. The molecule has 1 aliphatic heterocycles. The second-order valence-corrected chi connectivity index (χ2v) is 6.79. The fraction of sp³-hybridized carbons (Fsp3) is 0.533. The lowest BCUT2D eigenvalue weighted by Gasteiger charge is -2.32. The number of hydrogen-bond acceptors (Lipinski definition) is 4. The zero-order valence-corrected chi connectivity index (χ0v) is 14.3. The van der Waals surface area contributed by atoms with E-state index in [0.29, 0.717) is 6.54 Å². The maximum atomic E-state index is 13.9. The molecule has 0 saturated carbocycles. The number of rotatable bonds is 4. The molecule has 0 spiro atoms. The van der Waals surface area contributed by atoms with E-state index in [4.69, 9.17) is 20.9 Å². The van der Waals surface area contributed by atoms with Crippen molar-refractivity contribution >= 4 is 24.8 Å². The highest BCUT2D eigenvalue weighted by Gasteiger charge is 2.52. The Morgan fingerprint density at radius 2 is 1.95 bits per heavy atom. The number of nitrogens with one attached hydrogen (secondary N) is 1. The van der Waals surface area contributed by atoms with E-state index in [1.807, 2.05) is 34.7 Å². The molecule has 1 N–H and O–H groups in total. The minimum Gasteiger partial charge on any atom is -0.400 e. The molecule has 0 bridgehead atoms. The first-order chi connectivity index (χ1) is 10.2. The van der Waals surface area contributed by atoms with Crippen LogP contribution in [0.4, 0.5) is 4.39 Å². The van der Waals surface area contributed by atoms with Crippen molar-refractivity contribution in [3.05, 3.63) is 34.3 Å². The van der Waals surface area contributed by atoms with Gasteiger partial charge in [0.15, 0.2) is 0 Å². The molecular weight excluding hydrogens is 305 g/mol. The Morgan fingerprint density at radius 3 is 2.45 bits per heavy atom. The molecule has 0 radical (unpaired) electrons. The SMILES string of the molecule is CNCC(=Cc1ncc(Cl)cc1F)B1OC(C)(C)C(C)(C)O1. The van der Waals surface area contributed by atoms with Gasteiger partial charge < -0.3 is 14.6 Å². The molecule has 1 aliphatic rings. The van der Waals surface area contributed by atoms with Crippen LogP contribution in [0.5, 0.6) is 0 Å². The van der Waals surface area contributed by atoms with Gasteiger partial charge in [-0.2, -0.15) is 0 Å². The van der Waals surface area contributed by atoms with Gasteiger partial charge in [0.05, 0.1) is 21.9 Å². The lowest BCUT2D eigenvalue weighted by molar-refractivity contribution is 0.00578. The van der Waals surface area contributed by atoms with Crippen molar-refractivity contribution in [3.8, 4) is 0 Å². The third-order valence-corrected chi connectivity index (χ3v) is 4.30. The quantitative estimate of drug-likeness (QED) is 0.864. The summed E-state index contributed by atoms with van der Waals surface area (Å²) in [5.74, 6) is -0.474. The van der Waals surface area contributed by atoms with Gasteiger partial charge in [0.1, 0.15) is 5.82 Å². The molecule has 7 heteroatoms. The zero-order chi connectivity index (χ0) is 16.5. The smallest absolute Gasteiger partial charge is 0.400 e.